The second-order valence-electron chi connectivity index (χ2n) is 0. The van der Waals surface area contributed by atoms with Crippen LogP contribution < -0.4 is 0 Å². The van der Waals surface area contributed by atoms with Crippen molar-refractivity contribution in [2.75, 3.05) is 0 Å². The van der Waals surface area contributed by atoms with E-state index < -0.39 is 0 Å². The van der Waals surface area contributed by atoms with Gasteiger partial charge in [-0.15, -0.1) is 12.4 Å². The molecule has 0 aliphatic heterocycles. The molecule has 2 N–H and O–H groups in total. The first-order chi connectivity index (χ1) is 1.00. The van der Waals surface area contributed by atoms with Gasteiger partial charge < -0.3 is 5.48 Å². The third-order valence-corrected chi connectivity index (χ3v) is 0. The van der Waals surface area contributed by atoms with E-state index in [1.54, 1.807) is 0 Å². The number of rotatable bonds is 0. The summed E-state index contributed by atoms with van der Waals surface area (Å²) in [5.41, 5.74) is 0. The molecule has 0 aromatic rings. The van der Waals surface area contributed by atoms with Crippen LogP contribution in [0.4, 0.5) is 0 Å². The molecule has 0 radical (unpaired) electrons. The molecule has 0 unspecified atom stereocenters. The zero-order valence-corrected chi connectivity index (χ0v) is 8.38. The van der Waals surface area contributed by atoms with Gasteiger partial charge in [0.25, 0.3) is 0 Å². The summed E-state index contributed by atoms with van der Waals surface area (Å²) in [6.45, 7) is 0. The van der Waals surface area contributed by atoms with Crippen molar-refractivity contribution in [3.8, 4) is 0 Å². The molecule has 0 saturated heterocycles. The van der Waals surface area contributed by atoms with Crippen molar-refractivity contribution in [1.82, 2.24) is 0 Å². The van der Waals surface area contributed by atoms with Gasteiger partial charge in [-0.05, 0) is 0 Å². The Morgan fingerprint density at radius 2 is 1.20 bits per heavy atom. The van der Waals surface area contributed by atoms with Gasteiger partial charge in [0.1, 0.15) is 0 Å². The first kappa shape index (κ1) is 22.8. The molecule has 0 aromatic carbocycles. The summed E-state index contributed by atoms with van der Waals surface area (Å²) in [5.74, 6) is 0. The third-order valence-electron chi connectivity index (χ3n) is 0. The average Bonchev–Trinajstić information content (AvgIpc) is 1.00. The van der Waals surface area contributed by atoms with E-state index in [0.29, 0.717) is 0 Å². The van der Waals surface area contributed by atoms with Crippen LogP contribution in [-0.2, 0) is 0 Å². The Morgan fingerprint density at radius 1 is 1.20 bits per heavy atom. The molecule has 0 bridgehead atoms. The summed E-state index contributed by atoms with van der Waals surface area (Å²) < 4.78 is 0. The number of hydrogen-bond acceptors (Lipinski definition) is 0. The zero-order chi connectivity index (χ0) is 2.00. The Hall–Kier alpha value is 4.25. The summed E-state index contributed by atoms with van der Waals surface area (Å²) in [6, 6.07) is 0. The molecule has 0 aliphatic rings. The van der Waals surface area contributed by atoms with E-state index in [0.717, 1.165) is 42.7 Å². The van der Waals surface area contributed by atoms with Crippen LogP contribution in [0.25, 0.3) is 0 Å². The maximum absolute atomic E-state index is 2.34. The molecule has 0 saturated carbocycles. The average molecular weight is 261 g/mol. The maximum atomic E-state index is 2.34. The summed E-state index contributed by atoms with van der Waals surface area (Å²) in [5, 5.41) is 0. The Kier molecular flexibility index (Phi) is 110. The quantitative estimate of drug-likeness (QED) is 0.414. The first-order valence-electron chi connectivity index (χ1n) is 0.378. The van der Waals surface area contributed by atoms with Crippen LogP contribution in [0.3, 0.4) is 0 Å². The van der Waals surface area contributed by atoms with Crippen LogP contribution in [0, 0.1) is 0 Å². The fourth-order valence-corrected chi connectivity index (χ4v) is 0. The second-order valence-corrected chi connectivity index (χ2v) is 0. The number of hydrogen-bond donors (Lipinski definition) is 0. The van der Waals surface area contributed by atoms with Crippen LogP contribution in [0.2, 0.25) is 0 Å². The van der Waals surface area contributed by atoms with Crippen molar-refractivity contribution in [1.29, 1.82) is 0 Å². The van der Waals surface area contributed by atoms with Crippen LogP contribution in [0.1, 0.15) is 0 Å². The fraction of sp³-hybridized carbons (Fsp3) is 0. The molecule has 1 nitrogen and oxygen atoms in total. The molecule has 0 fully saturated rings. The van der Waals surface area contributed by atoms with Crippen LogP contribution in [0.15, 0.2) is 0 Å². The Labute approximate surface area is 119 Å². The minimum absolute atomic E-state index is 0. The zero-order valence-electron chi connectivity index (χ0n) is 2.29. The van der Waals surface area contributed by atoms with Gasteiger partial charge in [0, 0.05) is 0 Å². The van der Waals surface area contributed by atoms with Gasteiger partial charge in [-0.1, -0.05) is 0 Å². The van der Waals surface area contributed by atoms with Crippen molar-refractivity contribution in [3.63, 3.8) is 0 Å². The molecule has 0 atom stereocenters. The van der Waals surface area contributed by atoms with Crippen LogP contribution in [-0.4, -0.2) is 99.6 Å². The van der Waals surface area contributed by atoms with E-state index in [-0.39, 0.29) is 69.3 Å². The molecule has 0 spiro atoms. The van der Waals surface area contributed by atoms with Gasteiger partial charge in [-0.25, -0.2) is 0 Å². The fourth-order valence-electron chi connectivity index (χ4n) is 0. The molecule has 0 amide bonds. The molecular formula is H4ClIK2O. The monoisotopic (exact) mass is 260 g/mol. The topological polar surface area (TPSA) is 31.5 Å². The normalized spacial score (nSPS) is 1.40. The van der Waals surface area contributed by atoms with Gasteiger partial charge in [-0.3, -0.25) is 0 Å². The minimum atomic E-state index is 0. The summed E-state index contributed by atoms with van der Waals surface area (Å²) in [6.07, 6.45) is 0. The first-order valence-corrected chi connectivity index (χ1v) is 10.5. The van der Waals surface area contributed by atoms with Crippen LogP contribution >= 0.6 is 23.7 Å². The van der Waals surface area contributed by atoms with Gasteiger partial charge in [0.15, 0.2) is 0 Å². The predicted molar refractivity (Wildman–Crippen MR) is 37.8 cm³/mol. The van der Waals surface area contributed by atoms with Crippen molar-refractivity contribution in [2.24, 2.45) is 0 Å². The summed E-state index contributed by atoms with van der Waals surface area (Å²) >= 11 is 3.37. The van der Waals surface area contributed by atoms with Gasteiger partial charge in [-0.2, -0.15) is 0 Å². The van der Waals surface area contributed by atoms with Crippen molar-refractivity contribution in [3.05, 3.63) is 0 Å². The van der Waals surface area contributed by atoms with Crippen LogP contribution in [0.5, 0.6) is 0 Å². The molecule has 5 heteroatoms. The van der Waals surface area contributed by atoms with E-state index in [9.17, 15) is 0 Å². The SMILES string of the molecule is Cl.O.[KH].[K][I]. The van der Waals surface area contributed by atoms with E-state index >= 15 is 0 Å². The Balaban J connectivity index is -0.00000000167. The van der Waals surface area contributed by atoms with E-state index in [1.165, 1.54) is 0 Å². The Morgan fingerprint density at radius 3 is 1.20 bits per heavy atom. The summed E-state index contributed by atoms with van der Waals surface area (Å²) in [4.78, 5) is 0. The Bertz CT molecular complexity index is 9.61. The van der Waals surface area contributed by atoms with Crippen molar-refractivity contribution >= 4 is 118 Å². The molecule has 0 aliphatic carbocycles. The third kappa shape index (κ3) is 17.8. The summed E-state index contributed by atoms with van der Waals surface area (Å²) in [7, 11) is 0. The molecule has 5 heavy (non-hydrogen) atoms. The molecular weight excluding hydrogens is 257 g/mol. The standard InChI is InChI=1S/ClH.HI.2K.H2O.H/h2*1H;;;1H2;/q;;;+1;;/p-1. The van der Waals surface area contributed by atoms with E-state index in [2.05, 4.69) is 11.3 Å². The van der Waals surface area contributed by atoms with Gasteiger partial charge in [0.05, 0.1) is 0 Å². The molecule has 0 aromatic heterocycles. The van der Waals surface area contributed by atoms with Gasteiger partial charge >= 0.3 is 105 Å². The van der Waals surface area contributed by atoms with Crippen molar-refractivity contribution in [2.45, 2.75) is 0 Å². The van der Waals surface area contributed by atoms with E-state index in [4.69, 9.17) is 0 Å². The predicted octanol–water partition coefficient (Wildman–Crippen LogP) is -0.546. The number of halogens is 2. The van der Waals surface area contributed by atoms with E-state index in [1.807, 2.05) is 0 Å². The van der Waals surface area contributed by atoms with Gasteiger partial charge in [0.2, 0.25) is 0 Å². The molecule has 26 valence electrons. The van der Waals surface area contributed by atoms with Crippen molar-refractivity contribution < 1.29 is 5.48 Å². The molecule has 0 heterocycles. The second kappa shape index (κ2) is 24.0. The molecule has 0 rings (SSSR count).